The zero-order valence-electron chi connectivity index (χ0n) is 10.5. The van der Waals surface area contributed by atoms with E-state index in [1.165, 1.54) is 31.5 Å². The number of aromatic nitrogens is 1. The maximum atomic E-state index is 13.7. The quantitative estimate of drug-likeness (QED) is 0.851. The van der Waals surface area contributed by atoms with Crippen LogP contribution in [-0.2, 0) is 4.74 Å². The van der Waals surface area contributed by atoms with Crippen LogP contribution in [0.25, 0.3) is 0 Å². The first-order chi connectivity index (χ1) is 9.51. The molecule has 0 aliphatic carbocycles. The number of anilines is 3. The van der Waals surface area contributed by atoms with Gasteiger partial charge in [-0.2, -0.15) is 0 Å². The summed E-state index contributed by atoms with van der Waals surface area (Å²) in [5.41, 5.74) is 6.12. The summed E-state index contributed by atoms with van der Waals surface area (Å²) in [5, 5.41) is 2.98. The van der Waals surface area contributed by atoms with Crippen LogP contribution in [0.4, 0.5) is 21.6 Å². The second-order valence-corrected chi connectivity index (χ2v) is 4.34. The first kappa shape index (κ1) is 14.1. The van der Waals surface area contributed by atoms with Crippen LogP contribution >= 0.6 is 11.6 Å². The fraction of sp³-hybridized carbons (Fsp3) is 0.0769. The molecule has 5 nitrogen and oxygen atoms in total. The Balaban J connectivity index is 2.40. The Morgan fingerprint density at radius 2 is 2.20 bits per heavy atom. The molecule has 0 amide bonds. The van der Waals surface area contributed by atoms with Crippen molar-refractivity contribution in [1.29, 1.82) is 0 Å². The van der Waals surface area contributed by atoms with Crippen molar-refractivity contribution in [2.45, 2.75) is 0 Å². The summed E-state index contributed by atoms with van der Waals surface area (Å²) < 4.78 is 18.3. The molecule has 0 aliphatic heterocycles. The topological polar surface area (TPSA) is 77.2 Å². The molecule has 1 aromatic heterocycles. The lowest BCUT2D eigenvalue weighted by Gasteiger charge is -2.11. The number of carbonyl (C=O) groups is 1. The van der Waals surface area contributed by atoms with Crippen molar-refractivity contribution in [2.24, 2.45) is 0 Å². The number of halogens is 2. The Hall–Kier alpha value is -2.34. The van der Waals surface area contributed by atoms with Gasteiger partial charge in [0.05, 0.1) is 24.7 Å². The molecule has 0 fully saturated rings. The van der Waals surface area contributed by atoms with E-state index in [4.69, 9.17) is 17.3 Å². The highest BCUT2D eigenvalue weighted by Gasteiger charge is 2.15. The van der Waals surface area contributed by atoms with Crippen molar-refractivity contribution in [3.63, 3.8) is 0 Å². The highest BCUT2D eigenvalue weighted by Crippen LogP contribution is 2.25. The van der Waals surface area contributed by atoms with Gasteiger partial charge >= 0.3 is 5.97 Å². The minimum atomic E-state index is -0.623. The average molecular weight is 296 g/mol. The van der Waals surface area contributed by atoms with E-state index in [0.29, 0.717) is 5.69 Å². The predicted octanol–water partition coefficient (Wildman–Crippen LogP) is 2.99. The second-order valence-electron chi connectivity index (χ2n) is 3.91. The Kier molecular flexibility index (Phi) is 4.05. The van der Waals surface area contributed by atoms with Crippen LogP contribution in [-0.4, -0.2) is 18.1 Å². The van der Waals surface area contributed by atoms with Crippen molar-refractivity contribution < 1.29 is 13.9 Å². The van der Waals surface area contributed by atoms with Gasteiger partial charge in [0.2, 0.25) is 0 Å². The van der Waals surface area contributed by atoms with Gasteiger partial charge in [0.15, 0.2) is 0 Å². The van der Waals surface area contributed by atoms with E-state index in [1.54, 1.807) is 0 Å². The fourth-order valence-electron chi connectivity index (χ4n) is 1.56. The maximum Gasteiger partial charge on any atom is 0.341 e. The molecule has 1 heterocycles. The molecule has 0 atom stereocenters. The number of nitrogen functional groups attached to an aromatic ring is 1. The summed E-state index contributed by atoms with van der Waals surface area (Å²) in [6.45, 7) is 0. The standard InChI is InChI=1S/C13H11ClFN3O2/c1-20-13(19)9-5-8(16)6-17-12(9)18-11-3-2-7(14)4-10(11)15/h2-6H,16H2,1H3,(H,17,18). The summed E-state index contributed by atoms with van der Waals surface area (Å²) >= 11 is 5.67. The van der Waals surface area contributed by atoms with E-state index in [2.05, 4.69) is 15.0 Å². The molecule has 0 spiro atoms. The molecule has 0 unspecified atom stereocenters. The molecule has 0 saturated carbocycles. The number of hydrogen-bond acceptors (Lipinski definition) is 5. The highest BCUT2D eigenvalue weighted by atomic mass is 35.5. The number of pyridine rings is 1. The molecule has 2 rings (SSSR count). The first-order valence-corrected chi connectivity index (χ1v) is 5.95. The van der Waals surface area contributed by atoms with Crippen LogP contribution in [0.2, 0.25) is 5.02 Å². The number of nitrogens with zero attached hydrogens (tertiary/aromatic N) is 1. The lowest BCUT2D eigenvalue weighted by molar-refractivity contribution is 0.0601. The normalized spacial score (nSPS) is 10.2. The van der Waals surface area contributed by atoms with Crippen LogP contribution in [0.15, 0.2) is 30.5 Å². The Bertz CT molecular complexity index is 664. The van der Waals surface area contributed by atoms with Crippen molar-refractivity contribution in [2.75, 3.05) is 18.2 Å². The zero-order chi connectivity index (χ0) is 14.7. The minimum Gasteiger partial charge on any atom is -0.465 e. The smallest absolute Gasteiger partial charge is 0.341 e. The summed E-state index contributed by atoms with van der Waals surface area (Å²) in [4.78, 5) is 15.6. The third kappa shape index (κ3) is 2.97. The van der Waals surface area contributed by atoms with Crippen LogP contribution < -0.4 is 11.1 Å². The molecule has 7 heteroatoms. The largest absolute Gasteiger partial charge is 0.465 e. The molecule has 20 heavy (non-hydrogen) atoms. The highest BCUT2D eigenvalue weighted by molar-refractivity contribution is 6.30. The molecule has 0 radical (unpaired) electrons. The molecule has 3 N–H and O–H groups in total. The van der Waals surface area contributed by atoms with Gasteiger partial charge in [0.25, 0.3) is 0 Å². The van der Waals surface area contributed by atoms with E-state index in [-0.39, 0.29) is 22.1 Å². The van der Waals surface area contributed by atoms with Crippen molar-refractivity contribution in [3.05, 3.63) is 46.9 Å². The fourth-order valence-corrected chi connectivity index (χ4v) is 1.72. The van der Waals surface area contributed by atoms with Crippen LogP contribution in [0.5, 0.6) is 0 Å². The summed E-state index contributed by atoms with van der Waals surface area (Å²) in [6, 6.07) is 5.51. The zero-order valence-corrected chi connectivity index (χ0v) is 11.2. The van der Waals surface area contributed by atoms with Gasteiger partial charge in [0.1, 0.15) is 17.2 Å². The molecule has 104 valence electrons. The molecular weight excluding hydrogens is 285 g/mol. The van der Waals surface area contributed by atoms with Gasteiger partial charge in [-0.1, -0.05) is 11.6 Å². The van der Waals surface area contributed by atoms with Crippen molar-refractivity contribution in [3.8, 4) is 0 Å². The van der Waals surface area contributed by atoms with Gasteiger partial charge in [0, 0.05) is 5.02 Å². The second kappa shape index (κ2) is 5.75. The number of rotatable bonds is 3. The number of methoxy groups -OCH3 is 1. The summed E-state index contributed by atoms with van der Waals surface area (Å²) in [6.07, 6.45) is 1.35. The van der Waals surface area contributed by atoms with E-state index in [1.807, 2.05) is 0 Å². The number of hydrogen-bond donors (Lipinski definition) is 2. The lowest BCUT2D eigenvalue weighted by atomic mass is 10.2. The number of nitrogens with two attached hydrogens (primary N) is 1. The van der Waals surface area contributed by atoms with Gasteiger partial charge in [-0.25, -0.2) is 14.2 Å². The summed E-state index contributed by atoms with van der Waals surface area (Å²) in [7, 11) is 1.23. The van der Waals surface area contributed by atoms with Gasteiger partial charge < -0.3 is 15.8 Å². The Morgan fingerprint density at radius 1 is 1.45 bits per heavy atom. The third-order valence-electron chi connectivity index (χ3n) is 2.50. The summed E-state index contributed by atoms with van der Waals surface area (Å²) in [5.74, 6) is -1.04. The molecule has 0 bridgehead atoms. The number of esters is 1. The van der Waals surface area contributed by atoms with E-state index < -0.39 is 11.8 Å². The molecule has 2 aromatic rings. The third-order valence-corrected chi connectivity index (χ3v) is 2.73. The van der Waals surface area contributed by atoms with E-state index in [0.717, 1.165) is 6.07 Å². The molecule has 1 aromatic carbocycles. The minimum absolute atomic E-state index is 0.113. The Morgan fingerprint density at radius 3 is 2.85 bits per heavy atom. The van der Waals surface area contributed by atoms with E-state index >= 15 is 0 Å². The maximum absolute atomic E-state index is 13.7. The monoisotopic (exact) mass is 295 g/mol. The van der Waals surface area contributed by atoms with Crippen molar-refractivity contribution in [1.82, 2.24) is 4.98 Å². The van der Waals surface area contributed by atoms with Gasteiger partial charge in [-0.05, 0) is 24.3 Å². The first-order valence-electron chi connectivity index (χ1n) is 5.57. The van der Waals surface area contributed by atoms with E-state index in [9.17, 15) is 9.18 Å². The average Bonchev–Trinajstić information content (AvgIpc) is 2.42. The molecular formula is C13H11ClFN3O2. The molecule has 0 saturated heterocycles. The van der Waals surface area contributed by atoms with Crippen LogP contribution in [0, 0.1) is 5.82 Å². The number of nitrogens with one attached hydrogen (secondary N) is 1. The van der Waals surface area contributed by atoms with Crippen molar-refractivity contribution >= 4 is 34.8 Å². The number of ether oxygens (including phenoxy) is 1. The lowest BCUT2D eigenvalue weighted by Crippen LogP contribution is -2.09. The SMILES string of the molecule is COC(=O)c1cc(N)cnc1Nc1ccc(Cl)cc1F. The van der Waals surface area contributed by atoms with Crippen LogP contribution in [0.1, 0.15) is 10.4 Å². The number of carbonyl (C=O) groups excluding carboxylic acids is 1. The predicted molar refractivity (Wildman–Crippen MR) is 74.7 cm³/mol. The number of benzene rings is 1. The van der Waals surface area contributed by atoms with Gasteiger partial charge in [-0.3, -0.25) is 0 Å². The van der Waals surface area contributed by atoms with Gasteiger partial charge in [-0.15, -0.1) is 0 Å². The Labute approximate surface area is 119 Å². The van der Waals surface area contributed by atoms with Crippen LogP contribution in [0.3, 0.4) is 0 Å². The molecule has 0 aliphatic rings.